The molecule has 0 saturated heterocycles. The molecule has 2 aromatic rings. The van der Waals surface area contributed by atoms with Crippen molar-refractivity contribution >= 4 is 23.0 Å². The number of hydrazine groups is 1. The third-order valence-corrected chi connectivity index (χ3v) is 2.91. The number of nitrogens with two attached hydrogens (primary N) is 1. The molecule has 1 aromatic heterocycles. The van der Waals surface area contributed by atoms with E-state index in [0.29, 0.717) is 6.54 Å². The standard InChI is InChI=1S/C13H14FN5O2/c1-2-18(10-6-4-3-5-9(10)14)13-11(19(20)21)7-8-12(16-13)17-15/h3-8H,2,15H2,1H3,(H,16,17). The van der Waals surface area contributed by atoms with E-state index in [9.17, 15) is 14.5 Å². The third-order valence-electron chi connectivity index (χ3n) is 2.91. The van der Waals surface area contributed by atoms with Gasteiger partial charge >= 0.3 is 5.69 Å². The summed E-state index contributed by atoms with van der Waals surface area (Å²) in [6.07, 6.45) is 0. The lowest BCUT2D eigenvalue weighted by molar-refractivity contribution is -0.384. The molecule has 0 saturated carbocycles. The molecule has 8 heteroatoms. The topological polar surface area (TPSA) is 97.3 Å². The average molecular weight is 291 g/mol. The van der Waals surface area contributed by atoms with Gasteiger partial charge in [-0.3, -0.25) is 10.1 Å². The van der Waals surface area contributed by atoms with Crippen LogP contribution in [0.4, 0.5) is 27.4 Å². The first-order valence-electron chi connectivity index (χ1n) is 6.22. The molecular formula is C13H14FN5O2. The minimum atomic E-state index is -0.563. The molecule has 0 fully saturated rings. The monoisotopic (exact) mass is 291 g/mol. The largest absolute Gasteiger partial charge is 0.318 e. The van der Waals surface area contributed by atoms with E-state index in [2.05, 4.69) is 10.4 Å². The Kier molecular flexibility index (Phi) is 4.29. The summed E-state index contributed by atoms with van der Waals surface area (Å²) in [7, 11) is 0. The summed E-state index contributed by atoms with van der Waals surface area (Å²) in [5.74, 6) is 5.08. The van der Waals surface area contributed by atoms with Gasteiger partial charge in [0.05, 0.1) is 10.6 Å². The number of benzene rings is 1. The quantitative estimate of drug-likeness (QED) is 0.499. The van der Waals surface area contributed by atoms with E-state index in [1.807, 2.05) is 0 Å². The van der Waals surface area contributed by atoms with E-state index in [1.54, 1.807) is 19.1 Å². The van der Waals surface area contributed by atoms with Crippen LogP contribution in [0, 0.1) is 15.9 Å². The molecular weight excluding hydrogens is 277 g/mol. The Labute approximate surface area is 120 Å². The number of halogens is 1. The van der Waals surface area contributed by atoms with Crippen molar-refractivity contribution in [3.63, 3.8) is 0 Å². The van der Waals surface area contributed by atoms with Crippen molar-refractivity contribution in [2.45, 2.75) is 6.92 Å². The fraction of sp³-hybridized carbons (Fsp3) is 0.154. The van der Waals surface area contributed by atoms with Crippen molar-refractivity contribution in [1.29, 1.82) is 0 Å². The van der Waals surface area contributed by atoms with Gasteiger partial charge < -0.3 is 10.3 Å². The fourth-order valence-electron chi connectivity index (χ4n) is 1.97. The van der Waals surface area contributed by atoms with Crippen molar-refractivity contribution < 1.29 is 9.31 Å². The van der Waals surface area contributed by atoms with Crippen molar-refractivity contribution in [2.24, 2.45) is 5.84 Å². The Morgan fingerprint density at radius 1 is 1.38 bits per heavy atom. The summed E-state index contributed by atoms with van der Waals surface area (Å²) in [5.41, 5.74) is 2.31. The highest BCUT2D eigenvalue weighted by molar-refractivity contribution is 5.70. The van der Waals surface area contributed by atoms with E-state index in [4.69, 9.17) is 5.84 Å². The van der Waals surface area contributed by atoms with Gasteiger partial charge in [0.1, 0.15) is 11.6 Å². The molecule has 0 amide bonds. The van der Waals surface area contributed by atoms with Crippen LogP contribution in [-0.2, 0) is 0 Å². The van der Waals surface area contributed by atoms with Gasteiger partial charge in [0.25, 0.3) is 0 Å². The number of hydrogen-bond acceptors (Lipinski definition) is 6. The molecule has 0 aliphatic rings. The third kappa shape index (κ3) is 2.90. The molecule has 0 unspecified atom stereocenters. The van der Waals surface area contributed by atoms with Crippen LogP contribution < -0.4 is 16.2 Å². The SMILES string of the molecule is CCN(c1ccccc1F)c1nc(NN)ccc1[N+](=O)[O-]. The van der Waals surface area contributed by atoms with Gasteiger partial charge in [-0.2, -0.15) is 0 Å². The van der Waals surface area contributed by atoms with Gasteiger partial charge in [0.2, 0.25) is 5.82 Å². The molecule has 1 aromatic carbocycles. The Hall–Kier alpha value is -2.74. The maximum Gasteiger partial charge on any atom is 0.312 e. The van der Waals surface area contributed by atoms with Gasteiger partial charge in [-0.05, 0) is 25.1 Å². The molecule has 21 heavy (non-hydrogen) atoms. The second kappa shape index (κ2) is 6.14. The van der Waals surface area contributed by atoms with Crippen LogP contribution >= 0.6 is 0 Å². The Morgan fingerprint density at radius 3 is 2.67 bits per heavy atom. The molecule has 7 nitrogen and oxygen atoms in total. The zero-order valence-corrected chi connectivity index (χ0v) is 11.3. The molecule has 1 heterocycles. The average Bonchev–Trinajstić information content (AvgIpc) is 2.49. The molecule has 0 aliphatic carbocycles. The van der Waals surface area contributed by atoms with Crippen LogP contribution in [0.1, 0.15) is 6.92 Å². The predicted molar refractivity (Wildman–Crippen MR) is 77.8 cm³/mol. The normalized spacial score (nSPS) is 10.2. The van der Waals surface area contributed by atoms with Gasteiger partial charge in [0.15, 0.2) is 0 Å². The number of pyridine rings is 1. The van der Waals surface area contributed by atoms with Crippen LogP contribution in [0.3, 0.4) is 0 Å². The molecule has 110 valence electrons. The van der Waals surface area contributed by atoms with Gasteiger partial charge in [0, 0.05) is 12.6 Å². The van der Waals surface area contributed by atoms with E-state index in [0.717, 1.165) is 0 Å². The van der Waals surface area contributed by atoms with Crippen LogP contribution in [0.25, 0.3) is 0 Å². The van der Waals surface area contributed by atoms with Crippen molar-refractivity contribution in [2.75, 3.05) is 16.9 Å². The second-order valence-electron chi connectivity index (χ2n) is 4.14. The highest BCUT2D eigenvalue weighted by atomic mass is 19.1. The Bertz CT molecular complexity index is 665. The van der Waals surface area contributed by atoms with E-state index < -0.39 is 10.7 Å². The number of anilines is 3. The number of nitrogens with one attached hydrogen (secondary N) is 1. The molecule has 2 rings (SSSR count). The van der Waals surface area contributed by atoms with Crippen LogP contribution in [-0.4, -0.2) is 16.5 Å². The lowest BCUT2D eigenvalue weighted by Gasteiger charge is -2.22. The predicted octanol–water partition coefficient (Wildman–Crippen LogP) is 2.57. The molecule has 0 radical (unpaired) electrons. The Balaban J connectivity index is 2.61. The van der Waals surface area contributed by atoms with E-state index in [1.165, 1.54) is 29.2 Å². The number of nitro groups is 1. The first-order chi connectivity index (χ1) is 10.1. The summed E-state index contributed by atoms with van der Waals surface area (Å²) in [4.78, 5) is 16.1. The summed E-state index contributed by atoms with van der Waals surface area (Å²) in [5, 5.41) is 11.2. The zero-order chi connectivity index (χ0) is 15.4. The van der Waals surface area contributed by atoms with Crippen molar-refractivity contribution in [3.8, 4) is 0 Å². The maximum absolute atomic E-state index is 13.9. The molecule has 3 N–H and O–H groups in total. The molecule has 0 spiro atoms. The maximum atomic E-state index is 13.9. The number of aromatic nitrogens is 1. The highest BCUT2D eigenvalue weighted by Crippen LogP contribution is 2.33. The van der Waals surface area contributed by atoms with Crippen LogP contribution in [0.2, 0.25) is 0 Å². The lowest BCUT2D eigenvalue weighted by atomic mass is 10.2. The Morgan fingerprint density at radius 2 is 2.10 bits per heavy atom. The van der Waals surface area contributed by atoms with E-state index in [-0.39, 0.29) is 23.0 Å². The van der Waals surface area contributed by atoms with Crippen molar-refractivity contribution in [3.05, 3.63) is 52.3 Å². The van der Waals surface area contributed by atoms with Gasteiger partial charge in [-0.15, -0.1) is 0 Å². The number of para-hydroxylation sites is 1. The van der Waals surface area contributed by atoms with E-state index >= 15 is 0 Å². The minimum Gasteiger partial charge on any atom is -0.318 e. The molecule has 0 bridgehead atoms. The molecule has 0 atom stereocenters. The van der Waals surface area contributed by atoms with Crippen LogP contribution in [0.5, 0.6) is 0 Å². The van der Waals surface area contributed by atoms with Crippen molar-refractivity contribution in [1.82, 2.24) is 4.98 Å². The lowest BCUT2D eigenvalue weighted by Crippen LogP contribution is -2.21. The first kappa shape index (κ1) is 14.7. The zero-order valence-electron chi connectivity index (χ0n) is 11.3. The number of hydrogen-bond donors (Lipinski definition) is 2. The minimum absolute atomic E-state index is 0.0306. The van der Waals surface area contributed by atoms with Gasteiger partial charge in [-0.25, -0.2) is 15.2 Å². The highest BCUT2D eigenvalue weighted by Gasteiger charge is 2.23. The van der Waals surface area contributed by atoms with Gasteiger partial charge in [-0.1, -0.05) is 12.1 Å². The summed E-state index contributed by atoms with van der Waals surface area (Å²) in [6, 6.07) is 8.68. The summed E-state index contributed by atoms with van der Waals surface area (Å²) in [6.45, 7) is 2.06. The number of nitrogen functional groups attached to an aromatic ring is 1. The number of nitrogens with zero attached hydrogens (tertiary/aromatic N) is 3. The fourth-order valence-corrected chi connectivity index (χ4v) is 1.97. The smallest absolute Gasteiger partial charge is 0.312 e. The summed E-state index contributed by atoms with van der Waals surface area (Å²) < 4.78 is 13.9. The second-order valence-corrected chi connectivity index (χ2v) is 4.14. The first-order valence-corrected chi connectivity index (χ1v) is 6.22. The summed E-state index contributed by atoms with van der Waals surface area (Å²) >= 11 is 0. The number of rotatable bonds is 5. The van der Waals surface area contributed by atoms with Crippen LogP contribution in [0.15, 0.2) is 36.4 Å². The molecule has 0 aliphatic heterocycles.